The summed E-state index contributed by atoms with van der Waals surface area (Å²) in [6.07, 6.45) is 0.141. The third-order valence-electron chi connectivity index (χ3n) is 2.68. The van der Waals surface area contributed by atoms with Crippen molar-refractivity contribution in [2.75, 3.05) is 6.61 Å². The molecule has 0 saturated heterocycles. The van der Waals surface area contributed by atoms with Gasteiger partial charge in [-0.15, -0.1) is 0 Å². The van der Waals surface area contributed by atoms with E-state index >= 15 is 0 Å². The molecular weight excluding hydrogens is 244 g/mol. The van der Waals surface area contributed by atoms with E-state index in [1.54, 1.807) is 0 Å². The second kappa shape index (κ2) is 6.54. The van der Waals surface area contributed by atoms with Crippen LogP contribution in [0.25, 0.3) is 0 Å². The zero-order valence-electron chi connectivity index (χ0n) is 11.9. The minimum atomic E-state index is -0.452. The van der Waals surface area contributed by atoms with Gasteiger partial charge in [0.05, 0.1) is 13.0 Å². The summed E-state index contributed by atoms with van der Waals surface area (Å²) in [5.41, 5.74) is 4.15. The summed E-state index contributed by atoms with van der Waals surface area (Å²) in [6.45, 7) is 8.68. The van der Waals surface area contributed by atoms with Gasteiger partial charge in [-0.05, 0) is 24.0 Å². The van der Waals surface area contributed by atoms with E-state index in [1.807, 2.05) is 24.6 Å². The molecule has 106 valence electrons. The van der Waals surface area contributed by atoms with Gasteiger partial charge in [-0.3, -0.25) is 4.79 Å². The number of nitrogens with two attached hydrogens (primary N) is 1. The van der Waals surface area contributed by atoms with Crippen molar-refractivity contribution >= 4 is 5.97 Å². The van der Waals surface area contributed by atoms with Gasteiger partial charge in [0.1, 0.15) is 5.75 Å². The SMILES string of the molecule is Cc1ccc(OCCC(=O)ONN)c(C(C)(C)C)c1. The lowest BCUT2D eigenvalue weighted by molar-refractivity contribution is -0.151. The maximum atomic E-state index is 11.1. The molecule has 3 N–H and O–H groups in total. The van der Waals surface area contributed by atoms with Crippen molar-refractivity contribution in [2.24, 2.45) is 5.84 Å². The number of nitrogens with one attached hydrogen (secondary N) is 1. The van der Waals surface area contributed by atoms with Crippen LogP contribution in [0.5, 0.6) is 5.75 Å². The number of benzene rings is 1. The number of hydrogen-bond donors (Lipinski definition) is 2. The maximum absolute atomic E-state index is 11.1. The number of carbonyl (C=O) groups excluding carboxylic acids is 1. The van der Waals surface area contributed by atoms with Crippen LogP contribution in [0.2, 0.25) is 0 Å². The van der Waals surface area contributed by atoms with Gasteiger partial charge in [-0.1, -0.05) is 44.1 Å². The number of rotatable bonds is 5. The smallest absolute Gasteiger partial charge is 0.329 e. The monoisotopic (exact) mass is 266 g/mol. The Morgan fingerprint density at radius 1 is 1.37 bits per heavy atom. The molecule has 1 rings (SSSR count). The summed E-state index contributed by atoms with van der Waals surface area (Å²) in [4.78, 5) is 15.5. The number of hydrogen-bond acceptors (Lipinski definition) is 5. The molecule has 5 heteroatoms. The van der Waals surface area contributed by atoms with Gasteiger partial charge in [0, 0.05) is 0 Å². The third kappa shape index (κ3) is 4.89. The number of ether oxygens (including phenoxy) is 1. The lowest BCUT2D eigenvalue weighted by Crippen LogP contribution is -2.27. The summed E-state index contributed by atoms with van der Waals surface area (Å²) >= 11 is 0. The first kappa shape index (κ1) is 15.5. The van der Waals surface area contributed by atoms with Crippen LogP contribution in [0, 0.1) is 6.92 Å². The fourth-order valence-electron chi connectivity index (χ4n) is 1.72. The highest BCUT2D eigenvalue weighted by Crippen LogP contribution is 2.32. The van der Waals surface area contributed by atoms with Crippen molar-refractivity contribution in [3.63, 3.8) is 0 Å². The Bertz CT molecular complexity index is 439. The molecule has 0 aromatic heterocycles. The van der Waals surface area contributed by atoms with E-state index in [1.165, 1.54) is 5.56 Å². The van der Waals surface area contributed by atoms with Crippen molar-refractivity contribution in [1.82, 2.24) is 5.59 Å². The molecule has 0 radical (unpaired) electrons. The molecule has 0 spiro atoms. The van der Waals surface area contributed by atoms with Gasteiger partial charge in [0.15, 0.2) is 0 Å². The molecule has 0 bridgehead atoms. The summed E-state index contributed by atoms with van der Waals surface area (Å²) < 4.78 is 5.67. The highest BCUT2D eigenvalue weighted by molar-refractivity contribution is 5.69. The molecule has 1 aromatic rings. The number of carbonyl (C=O) groups is 1. The van der Waals surface area contributed by atoms with E-state index in [4.69, 9.17) is 10.6 Å². The van der Waals surface area contributed by atoms with Crippen molar-refractivity contribution in [3.8, 4) is 5.75 Å². The molecule has 0 aliphatic heterocycles. The molecule has 1 aromatic carbocycles. The molecule has 19 heavy (non-hydrogen) atoms. The first-order chi connectivity index (χ1) is 8.84. The van der Waals surface area contributed by atoms with Crippen LogP contribution in [0.15, 0.2) is 18.2 Å². The summed E-state index contributed by atoms with van der Waals surface area (Å²) in [6, 6.07) is 6.03. The Morgan fingerprint density at radius 2 is 2.05 bits per heavy atom. The molecule has 0 fully saturated rings. The van der Waals surface area contributed by atoms with Crippen LogP contribution in [0.3, 0.4) is 0 Å². The highest BCUT2D eigenvalue weighted by atomic mass is 16.7. The van der Waals surface area contributed by atoms with Gasteiger partial charge in [0.25, 0.3) is 0 Å². The lowest BCUT2D eigenvalue weighted by Gasteiger charge is -2.23. The van der Waals surface area contributed by atoms with Crippen LogP contribution < -0.4 is 16.2 Å². The molecule has 5 nitrogen and oxygen atoms in total. The molecule has 0 saturated carbocycles. The second-order valence-electron chi connectivity index (χ2n) is 5.44. The molecule has 0 aliphatic rings. The highest BCUT2D eigenvalue weighted by Gasteiger charge is 2.19. The summed E-state index contributed by atoms with van der Waals surface area (Å²) in [5, 5.41) is 0. The van der Waals surface area contributed by atoms with Crippen LogP contribution in [0.4, 0.5) is 0 Å². The van der Waals surface area contributed by atoms with E-state index in [2.05, 4.69) is 31.7 Å². The Kier molecular flexibility index (Phi) is 5.32. The predicted molar refractivity (Wildman–Crippen MR) is 73.4 cm³/mol. The third-order valence-corrected chi connectivity index (χ3v) is 2.68. The van der Waals surface area contributed by atoms with E-state index < -0.39 is 5.97 Å². The van der Waals surface area contributed by atoms with E-state index in [0.29, 0.717) is 0 Å². The quantitative estimate of drug-likeness (QED) is 0.629. The van der Waals surface area contributed by atoms with E-state index in [0.717, 1.165) is 11.3 Å². The van der Waals surface area contributed by atoms with Gasteiger partial charge < -0.3 is 9.57 Å². The van der Waals surface area contributed by atoms with Crippen molar-refractivity contribution in [2.45, 2.75) is 39.5 Å². The van der Waals surface area contributed by atoms with Gasteiger partial charge >= 0.3 is 5.97 Å². The molecule has 0 atom stereocenters. The molecule has 0 amide bonds. The number of aryl methyl sites for hydroxylation is 1. The first-order valence-electron chi connectivity index (χ1n) is 6.24. The predicted octanol–water partition coefficient (Wildman–Crippen LogP) is 1.98. The molecule has 0 heterocycles. The van der Waals surface area contributed by atoms with Crippen molar-refractivity contribution < 1.29 is 14.4 Å². The minimum absolute atomic E-state index is 0.0132. The number of hydrazine groups is 1. The zero-order valence-corrected chi connectivity index (χ0v) is 11.9. The van der Waals surface area contributed by atoms with Crippen molar-refractivity contribution in [1.29, 1.82) is 0 Å². The Morgan fingerprint density at radius 3 is 2.63 bits per heavy atom. The average Bonchev–Trinajstić information content (AvgIpc) is 2.30. The normalized spacial score (nSPS) is 11.2. The minimum Gasteiger partial charge on any atom is -0.493 e. The first-order valence-corrected chi connectivity index (χ1v) is 6.24. The summed E-state index contributed by atoms with van der Waals surface area (Å²) in [5.74, 6) is 5.22. The lowest BCUT2D eigenvalue weighted by atomic mass is 9.85. The van der Waals surface area contributed by atoms with Crippen molar-refractivity contribution in [3.05, 3.63) is 29.3 Å². The topological polar surface area (TPSA) is 73.6 Å². The van der Waals surface area contributed by atoms with Gasteiger partial charge in [-0.25, -0.2) is 5.84 Å². The Hall–Kier alpha value is -1.59. The Labute approximate surface area is 114 Å². The fourth-order valence-corrected chi connectivity index (χ4v) is 1.72. The largest absolute Gasteiger partial charge is 0.493 e. The second-order valence-corrected chi connectivity index (χ2v) is 5.44. The zero-order chi connectivity index (χ0) is 14.5. The van der Waals surface area contributed by atoms with E-state index in [-0.39, 0.29) is 18.4 Å². The fraction of sp³-hybridized carbons (Fsp3) is 0.500. The maximum Gasteiger partial charge on any atom is 0.329 e. The molecule has 0 aliphatic carbocycles. The average molecular weight is 266 g/mol. The summed E-state index contributed by atoms with van der Waals surface area (Å²) in [7, 11) is 0. The van der Waals surface area contributed by atoms with E-state index in [9.17, 15) is 4.79 Å². The van der Waals surface area contributed by atoms with Crippen LogP contribution in [-0.2, 0) is 15.0 Å². The van der Waals surface area contributed by atoms with Crippen LogP contribution in [-0.4, -0.2) is 12.6 Å². The molecule has 0 unspecified atom stereocenters. The van der Waals surface area contributed by atoms with Crippen LogP contribution in [0.1, 0.15) is 38.3 Å². The van der Waals surface area contributed by atoms with Crippen LogP contribution >= 0.6 is 0 Å². The van der Waals surface area contributed by atoms with Gasteiger partial charge in [-0.2, -0.15) is 0 Å². The molecular formula is C14H22N2O3. The standard InChI is InChI=1S/C14H22N2O3/c1-10-5-6-12(11(9-10)14(2,3)4)18-8-7-13(17)19-16-15/h5-6,9,16H,7-8,15H2,1-4H3. The Balaban J connectivity index is 2.71. The van der Waals surface area contributed by atoms with Gasteiger partial charge in [0.2, 0.25) is 0 Å².